The fourth-order valence-electron chi connectivity index (χ4n) is 3.04. The summed E-state index contributed by atoms with van der Waals surface area (Å²) in [5.41, 5.74) is 1.01. The quantitative estimate of drug-likeness (QED) is 0.595. The number of alkyl carbamates (subject to hydrolysis) is 1. The molecule has 6 heteroatoms. The molecule has 1 saturated carbocycles. The topological polar surface area (TPSA) is 76.7 Å². The number of ether oxygens (including phenoxy) is 2. The maximum atomic E-state index is 12.1. The Morgan fingerprint density at radius 3 is 2.46 bits per heavy atom. The van der Waals surface area contributed by atoms with Gasteiger partial charge in [0.05, 0.1) is 0 Å². The lowest BCUT2D eigenvalue weighted by atomic mass is 9.95. The number of esters is 1. The van der Waals surface area contributed by atoms with Crippen LogP contribution in [0.1, 0.15) is 71.6 Å². The smallest absolute Gasteiger partial charge is 0.410 e. The average molecular weight is 362 g/mol. The van der Waals surface area contributed by atoms with E-state index in [0.717, 1.165) is 18.5 Å². The number of benzene rings is 1. The second-order valence-corrected chi connectivity index (χ2v) is 7.74. The molecule has 1 amide bonds. The van der Waals surface area contributed by atoms with E-state index < -0.39 is 23.9 Å². The Balaban J connectivity index is 2.09. The minimum Gasteiger partial charge on any atom is -0.444 e. The molecule has 0 saturated heterocycles. The van der Waals surface area contributed by atoms with Crippen molar-refractivity contribution in [3.63, 3.8) is 0 Å². The molecular weight excluding hydrogens is 332 g/mol. The van der Waals surface area contributed by atoms with Gasteiger partial charge in [0, 0.05) is 24.2 Å². The van der Waals surface area contributed by atoms with Crippen LogP contribution < -0.4 is 10.6 Å². The lowest BCUT2D eigenvalue weighted by molar-refractivity contribution is -0.148. The third-order valence-electron chi connectivity index (χ3n) is 4.10. The molecule has 1 atom stereocenters. The molecule has 0 aliphatic heterocycles. The van der Waals surface area contributed by atoms with Crippen molar-refractivity contribution in [1.29, 1.82) is 0 Å². The van der Waals surface area contributed by atoms with Gasteiger partial charge in [-0.15, -0.1) is 0 Å². The van der Waals surface area contributed by atoms with Crippen LogP contribution >= 0.6 is 0 Å². The van der Waals surface area contributed by atoms with Crippen LogP contribution in [0.2, 0.25) is 0 Å². The average Bonchev–Trinajstić information content (AvgIpc) is 2.53. The first-order valence-corrected chi connectivity index (χ1v) is 9.26. The molecular formula is C20H30N2O4. The molecule has 2 rings (SSSR count). The van der Waals surface area contributed by atoms with E-state index in [4.69, 9.17) is 9.47 Å². The molecule has 0 bridgehead atoms. The molecule has 2 N–H and O–H groups in total. The Bertz CT molecular complexity index is 618. The molecule has 1 fully saturated rings. The minimum absolute atomic E-state index is 0.463. The molecule has 1 aromatic carbocycles. The Morgan fingerprint density at radius 1 is 1.15 bits per heavy atom. The number of carbonyl (C=O) groups excluding carboxylic acids is 2. The standard InChI is InChI=1S/C20H30N2O4/c1-14(23)25-18(22-19(24)26-20(2,3)4)15-9-8-12-17(13-15)21-16-10-6-5-7-11-16/h8-9,12-13,16,18,21H,5-7,10-11H2,1-4H3,(H,22,24). The van der Waals surface area contributed by atoms with Crippen molar-refractivity contribution >= 4 is 17.7 Å². The molecule has 1 aromatic rings. The number of nitrogens with one attached hydrogen (secondary N) is 2. The summed E-state index contributed by atoms with van der Waals surface area (Å²) in [6.45, 7) is 6.65. The van der Waals surface area contributed by atoms with E-state index in [0.29, 0.717) is 11.6 Å². The first-order valence-electron chi connectivity index (χ1n) is 9.26. The highest BCUT2D eigenvalue weighted by Gasteiger charge is 2.23. The summed E-state index contributed by atoms with van der Waals surface area (Å²) < 4.78 is 10.6. The molecule has 6 nitrogen and oxygen atoms in total. The predicted molar refractivity (Wildman–Crippen MR) is 101 cm³/mol. The van der Waals surface area contributed by atoms with Crippen molar-refractivity contribution in [2.75, 3.05) is 5.32 Å². The van der Waals surface area contributed by atoms with Crippen LogP contribution in [-0.2, 0) is 14.3 Å². The van der Waals surface area contributed by atoms with Crippen LogP contribution in [0.25, 0.3) is 0 Å². The van der Waals surface area contributed by atoms with Gasteiger partial charge in [-0.2, -0.15) is 0 Å². The van der Waals surface area contributed by atoms with Crippen LogP contribution in [-0.4, -0.2) is 23.7 Å². The zero-order valence-electron chi connectivity index (χ0n) is 16.1. The number of amides is 1. The van der Waals surface area contributed by atoms with Gasteiger partial charge in [-0.25, -0.2) is 4.79 Å². The SMILES string of the molecule is CC(=O)OC(NC(=O)OC(C)(C)C)c1cccc(NC2CCCCC2)c1. The molecule has 1 aliphatic rings. The molecule has 26 heavy (non-hydrogen) atoms. The van der Waals surface area contributed by atoms with Gasteiger partial charge in [0.2, 0.25) is 6.23 Å². The minimum atomic E-state index is -0.893. The lowest BCUT2D eigenvalue weighted by Crippen LogP contribution is -2.36. The molecule has 0 radical (unpaired) electrons. The van der Waals surface area contributed by atoms with Gasteiger partial charge in [0.25, 0.3) is 0 Å². The summed E-state index contributed by atoms with van der Waals surface area (Å²) in [4.78, 5) is 23.6. The Kier molecular flexibility index (Phi) is 6.89. The van der Waals surface area contributed by atoms with E-state index in [-0.39, 0.29) is 0 Å². The molecule has 0 heterocycles. The first kappa shape index (κ1) is 20.1. The maximum absolute atomic E-state index is 12.1. The van der Waals surface area contributed by atoms with E-state index in [1.807, 2.05) is 24.3 Å². The van der Waals surface area contributed by atoms with Gasteiger partial charge < -0.3 is 14.8 Å². The highest BCUT2D eigenvalue weighted by molar-refractivity contribution is 5.70. The summed E-state index contributed by atoms with van der Waals surface area (Å²) >= 11 is 0. The van der Waals surface area contributed by atoms with Crippen molar-refractivity contribution in [2.24, 2.45) is 0 Å². The van der Waals surface area contributed by atoms with Crippen molar-refractivity contribution in [3.8, 4) is 0 Å². The number of carbonyl (C=O) groups is 2. The largest absolute Gasteiger partial charge is 0.444 e. The Labute approximate surface area is 155 Å². The van der Waals surface area contributed by atoms with E-state index in [2.05, 4.69) is 10.6 Å². The fourth-order valence-corrected chi connectivity index (χ4v) is 3.04. The third-order valence-corrected chi connectivity index (χ3v) is 4.10. The van der Waals surface area contributed by atoms with Gasteiger partial charge in [0.1, 0.15) is 5.60 Å². The molecule has 0 spiro atoms. The number of anilines is 1. The van der Waals surface area contributed by atoms with E-state index in [1.165, 1.54) is 26.2 Å². The normalized spacial score (nSPS) is 16.5. The van der Waals surface area contributed by atoms with Crippen LogP contribution in [0.15, 0.2) is 24.3 Å². The third kappa shape index (κ3) is 6.94. The number of hydrogen-bond acceptors (Lipinski definition) is 5. The van der Waals surface area contributed by atoms with E-state index in [1.54, 1.807) is 20.8 Å². The van der Waals surface area contributed by atoms with E-state index in [9.17, 15) is 9.59 Å². The Morgan fingerprint density at radius 2 is 1.85 bits per heavy atom. The van der Waals surface area contributed by atoms with Crippen molar-refractivity contribution in [3.05, 3.63) is 29.8 Å². The lowest BCUT2D eigenvalue weighted by Gasteiger charge is -2.25. The first-order chi connectivity index (χ1) is 12.2. The molecule has 1 unspecified atom stereocenters. The number of rotatable bonds is 5. The van der Waals surface area contributed by atoms with Gasteiger partial charge in [-0.3, -0.25) is 10.1 Å². The van der Waals surface area contributed by atoms with Gasteiger partial charge in [-0.05, 0) is 45.7 Å². The molecule has 144 valence electrons. The summed E-state index contributed by atoms with van der Waals surface area (Å²) in [7, 11) is 0. The highest BCUT2D eigenvalue weighted by Crippen LogP contribution is 2.24. The molecule has 0 aromatic heterocycles. The maximum Gasteiger partial charge on any atom is 0.410 e. The van der Waals surface area contributed by atoms with Crippen LogP contribution in [0.4, 0.5) is 10.5 Å². The highest BCUT2D eigenvalue weighted by atomic mass is 16.6. The predicted octanol–water partition coefficient (Wildman–Crippen LogP) is 4.52. The fraction of sp³-hybridized carbons (Fsp3) is 0.600. The van der Waals surface area contributed by atoms with E-state index >= 15 is 0 Å². The summed E-state index contributed by atoms with van der Waals surface area (Å²) in [5.74, 6) is -0.475. The van der Waals surface area contributed by atoms with Crippen LogP contribution in [0.5, 0.6) is 0 Å². The van der Waals surface area contributed by atoms with Crippen molar-refractivity contribution < 1.29 is 19.1 Å². The van der Waals surface area contributed by atoms with Crippen molar-refractivity contribution in [1.82, 2.24) is 5.32 Å². The van der Waals surface area contributed by atoms with Gasteiger partial charge in [0.15, 0.2) is 0 Å². The zero-order valence-corrected chi connectivity index (χ0v) is 16.1. The zero-order chi connectivity index (χ0) is 19.2. The van der Waals surface area contributed by atoms with Gasteiger partial charge in [-0.1, -0.05) is 31.4 Å². The van der Waals surface area contributed by atoms with Crippen molar-refractivity contribution in [2.45, 2.75) is 77.7 Å². The summed E-state index contributed by atoms with van der Waals surface area (Å²) in [6, 6.07) is 8.05. The van der Waals surface area contributed by atoms with Crippen LogP contribution in [0.3, 0.4) is 0 Å². The second-order valence-electron chi connectivity index (χ2n) is 7.74. The number of hydrogen-bond donors (Lipinski definition) is 2. The van der Waals surface area contributed by atoms with Gasteiger partial charge >= 0.3 is 12.1 Å². The monoisotopic (exact) mass is 362 g/mol. The second kappa shape index (κ2) is 8.92. The summed E-state index contributed by atoms with van der Waals surface area (Å²) in [5, 5.41) is 6.16. The summed E-state index contributed by atoms with van der Waals surface area (Å²) in [6.07, 6.45) is 4.58. The Hall–Kier alpha value is -2.24. The molecule has 1 aliphatic carbocycles. The van der Waals surface area contributed by atoms with Crippen LogP contribution in [0, 0.1) is 0 Å².